The van der Waals surface area contributed by atoms with Gasteiger partial charge in [0.15, 0.2) is 0 Å². The van der Waals surface area contributed by atoms with Gasteiger partial charge in [-0.05, 0) is 25.0 Å². The van der Waals surface area contributed by atoms with Crippen LogP contribution in [0.15, 0.2) is 28.8 Å². The molecule has 0 atom stereocenters. The van der Waals surface area contributed by atoms with Crippen LogP contribution in [-0.4, -0.2) is 13.0 Å². The van der Waals surface area contributed by atoms with Gasteiger partial charge in [-0.15, -0.1) is 0 Å². The number of rotatable bonds is 4. The Morgan fingerprint density at radius 2 is 1.93 bits per heavy atom. The van der Waals surface area contributed by atoms with E-state index in [-0.39, 0.29) is 0 Å². The van der Waals surface area contributed by atoms with Crippen LogP contribution < -0.4 is 0 Å². The highest BCUT2D eigenvalue weighted by Crippen LogP contribution is 2.12. The van der Waals surface area contributed by atoms with Crippen molar-refractivity contribution in [2.45, 2.75) is 40.5 Å². The molecule has 2 heteroatoms. The van der Waals surface area contributed by atoms with Crippen molar-refractivity contribution in [1.29, 1.82) is 0 Å². The van der Waals surface area contributed by atoms with Gasteiger partial charge in [0.2, 0.25) is 5.97 Å². The standard InChI is InChI=1S/C10H16FN.C2H6/c1-5-6-8(2)9(3)7-10(11)12-4;1-2/h7H,2,5-6H2,1,3-4H3;1-2H3/b9-7-,12-10?;. The van der Waals surface area contributed by atoms with Crippen molar-refractivity contribution < 1.29 is 4.39 Å². The summed E-state index contributed by atoms with van der Waals surface area (Å²) in [5.74, 6) is -0.440. The summed E-state index contributed by atoms with van der Waals surface area (Å²) in [6, 6.07) is 0. The van der Waals surface area contributed by atoms with Gasteiger partial charge in [0.25, 0.3) is 0 Å². The molecule has 0 heterocycles. The summed E-state index contributed by atoms with van der Waals surface area (Å²) in [6.45, 7) is 11.8. The first-order chi connectivity index (χ1) is 6.61. The Balaban J connectivity index is 0. The summed E-state index contributed by atoms with van der Waals surface area (Å²) in [7, 11) is 1.43. The molecular weight excluding hydrogens is 177 g/mol. The van der Waals surface area contributed by atoms with E-state index in [0.717, 1.165) is 24.0 Å². The van der Waals surface area contributed by atoms with E-state index >= 15 is 0 Å². The quantitative estimate of drug-likeness (QED) is 0.472. The zero-order chi connectivity index (χ0) is 11.6. The van der Waals surface area contributed by atoms with Crippen molar-refractivity contribution in [3.05, 3.63) is 23.8 Å². The first-order valence-electron chi connectivity index (χ1n) is 5.10. The number of halogens is 1. The molecule has 0 aliphatic heterocycles. The highest BCUT2D eigenvalue weighted by Gasteiger charge is 1.97. The summed E-state index contributed by atoms with van der Waals surface area (Å²) in [6.07, 6.45) is 3.37. The van der Waals surface area contributed by atoms with E-state index in [2.05, 4.69) is 18.5 Å². The van der Waals surface area contributed by atoms with Gasteiger partial charge in [0, 0.05) is 7.05 Å². The molecule has 0 fully saturated rings. The smallest absolute Gasteiger partial charge is 0.208 e. The maximum atomic E-state index is 12.6. The van der Waals surface area contributed by atoms with Crippen LogP contribution >= 0.6 is 0 Å². The van der Waals surface area contributed by atoms with E-state index in [1.807, 2.05) is 20.8 Å². The molecular formula is C12H22FN. The van der Waals surface area contributed by atoms with E-state index in [4.69, 9.17) is 0 Å². The number of hydrogen-bond acceptors (Lipinski definition) is 1. The van der Waals surface area contributed by atoms with Crippen molar-refractivity contribution in [2.75, 3.05) is 7.05 Å². The first kappa shape index (κ1) is 15.5. The third-order valence-corrected chi connectivity index (χ3v) is 1.66. The van der Waals surface area contributed by atoms with Gasteiger partial charge < -0.3 is 0 Å². The van der Waals surface area contributed by atoms with E-state index in [0.29, 0.717) is 0 Å². The Kier molecular flexibility index (Phi) is 11.3. The summed E-state index contributed by atoms with van der Waals surface area (Å²) in [4.78, 5) is 3.40. The minimum Gasteiger partial charge on any atom is -0.261 e. The lowest BCUT2D eigenvalue weighted by Crippen LogP contribution is -1.88. The molecule has 0 rings (SSSR count). The molecule has 0 aliphatic carbocycles. The fourth-order valence-corrected chi connectivity index (χ4v) is 0.844. The topological polar surface area (TPSA) is 12.4 Å². The predicted octanol–water partition coefficient (Wildman–Crippen LogP) is 4.31. The average molecular weight is 199 g/mol. The van der Waals surface area contributed by atoms with Crippen molar-refractivity contribution in [1.82, 2.24) is 0 Å². The molecule has 0 amide bonds. The van der Waals surface area contributed by atoms with Crippen molar-refractivity contribution in [3.63, 3.8) is 0 Å². The molecule has 0 aromatic heterocycles. The Labute approximate surface area is 87.4 Å². The number of allylic oxidation sites excluding steroid dienone is 3. The second-order valence-corrected chi connectivity index (χ2v) is 2.73. The van der Waals surface area contributed by atoms with Gasteiger partial charge in [0.1, 0.15) is 0 Å². The maximum absolute atomic E-state index is 12.6. The largest absolute Gasteiger partial charge is 0.261 e. The molecule has 0 N–H and O–H groups in total. The highest BCUT2D eigenvalue weighted by molar-refractivity contribution is 5.87. The highest BCUT2D eigenvalue weighted by atomic mass is 19.1. The van der Waals surface area contributed by atoms with Crippen LogP contribution in [0.2, 0.25) is 0 Å². The minimum absolute atomic E-state index is 0.440. The first-order valence-corrected chi connectivity index (χ1v) is 5.10. The molecule has 82 valence electrons. The Bertz CT molecular complexity index is 214. The van der Waals surface area contributed by atoms with Crippen molar-refractivity contribution in [2.24, 2.45) is 4.99 Å². The molecule has 0 aliphatic rings. The Morgan fingerprint density at radius 3 is 2.29 bits per heavy atom. The molecule has 0 aromatic carbocycles. The van der Waals surface area contributed by atoms with Crippen LogP contribution in [-0.2, 0) is 0 Å². The second kappa shape index (κ2) is 10.2. The maximum Gasteiger partial charge on any atom is 0.208 e. The van der Waals surface area contributed by atoms with Crippen LogP contribution in [0.5, 0.6) is 0 Å². The summed E-state index contributed by atoms with van der Waals surface area (Å²) < 4.78 is 12.6. The number of aliphatic imine (C=N–C) groups is 1. The van der Waals surface area contributed by atoms with Crippen LogP contribution in [0.25, 0.3) is 0 Å². The average Bonchev–Trinajstić information content (AvgIpc) is 2.21. The van der Waals surface area contributed by atoms with Crippen LogP contribution in [0.4, 0.5) is 4.39 Å². The Hall–Kier alpha value is -0.920. The second-order valence-electron chi connectivity index (χ2n) is 2.73. The SMILES string of the molecule is C=C(CCC)/C(C)=C\C(F)=NC.CC. The van der Waals surface area contributed by atoms with Gasteiger partial charge in [-0.1, -0.05) is 39.3 Å². The third-order valence-electron chi connectivity index (χ3n) is 1.66. The molecule has 0 spiro atoms. The summed E-state index contributed by atoms with van der Waals surface area (Å²) >= 11 is 0. The fourth-order valence-electron chi connectivity index (χ4n) is 0.844. The molecule has 0 radical (unpaired) electrons. The van der Waals surface area contributed by atoms with Crippen LogP contribution in [0.1, 0.15) is 40.5 Å². The van der Waals surface area contributed by atoms with Crippen LogP contribution in [0.3, 0.4) is 0 Å². The van der Waals surface area contributed by atoms with E-state index < -0.39 is 5.97 Å². The lowest BCUT2D eigenvalue weighted by molar-refractivity contribution is 0.807. The summed E-state index contributed by atoms with van der Waals surface area (Å²) in [5, 5.41) is 0. The fraction of sp³-hybridized carbons (Fsp3) is 0.583. The normalized spacial score (nSPS) is 11.9. The van der Waals surface area contributed by atoms with E-state index in [1.54, 1.807) is 0 Å². The molecule has 0 saturated carbocycles. The molecule has 0 unspecified atom stereocenters. The molecule has 0 bridgehead atoms. The predicted molar refractivity (Wildman–Crippen MR) is 63.6 cm³/mol. The van der Waals surface area contributed by atoms with Gasteiger partial charge in [-0.2, -0.15) is 4.39 Å². The lowest BCUT2D eigenvalue weighted by atomic mass is 10.1. The van der Waals surface area contributed by atoms with Gasteiger partial charge >= 0.3 is 0 Å². The van der Waals surface area contributed by atoms with E-state index in [9.17, 15) is 4.39 Å². The van der Waals surface area contributed by atoms with Gasteiger partial charge in [0.05, 0.1) is 0 Å². The van der Waals surface area contributed by atoms with Gasteiger partial charge in [-0.3, -0.25) is 4.99 Å². The summed E-state index contributed by atoms with van der Waals surface area (Å²) in [5.41, 5.74) is 1.86. The minimum atomic E-state index is -0.440. The Morgan fingerprint density at radius 1 is 1.43 bits per heavy atom. The van der Waals surface area contributed by atoms with Crippen molar-refractivity contribution >= 4 is 5.97 Å². The zero-order valence-electron chi connectivity index (χ0n) is 10.0. The molecule has 14 heavy (non-hydrogen) atoms. The van der Waals surface area contributed by atoms with Crippen LogP contribution in [0, 0.1) is 0 Å². The van der Waals surface area contributed by atoms with E-state index in [1.165, 1.54) is 13.1 Å². The van der Waals surface area contributed by atoms with Crippen molar-refractivity contribution in [3.8, 4) is 0 Å². The number of hydrogen-bond donors (Lipinski definition) is 0. The van der Waals surface area contributed by atoms with Gasteiger partial charge in [-0.25, -0.2) is 0 Å². The lowest BCUT2D eigenvalue weighted by Gasteiger charge is -2.02. The monoisotopic (exact) mass is 199 g/mol. The molecule has 1 nitrogen and oxygen atoms in total. The zero-order valence-corrected chi connectivity index (χ0v) is 10.0. The molecule has 0 aromatic rings. The molecule has 0 saturated heterocycles. The number of nitrogens with zero attached hydrogens (tertiary/aromatic N) is 1. The third kappa shape index (κ3) is 7.71.